The molecule has 0 aromatic heterocycles. The third-order valence-electron chi connectivity index (χ3n) is 1.68. The zero-order valence-corrected chi connectivity index (χ0v) is 7.17. The van der Waals surface area contributed by atoms with Gasteiger partial charge in [0.15, 0.2) is 0 Å². The summed E-state index contributed by atoms with van der Waals surface area (Å²) in [5.41, 5.74) is 0. The van der Waals surface area contributed by atoms with Gasteiger partial charge >= 0.3 is 5.97 Å². The average molecular weight is 207 g/mol. The molecule has 0 aromatic carbocycles. The normalized spacial score (nSPS) is 39.8. The van der Waals surface area contributed by atoms with Gasteiger partial charge in [-0.1, -0.05) is 15.9 Å². The van der Waals surface area contributed by atoms with E-state index < -0.39 is 6.10 Å². The van der Waals surface area contributed by atoms with E-state index in [1.165, 1.54) is 0 Å². The van der Waals surface area contributed by atoms with Crippen LogP contribution in [0.3, 0.4) is 0 Å². The molecule has 0 saturated carbocycles. The molecule has 5 heteroatoms. The molecule has 0 amide bonds. The third kappa shape index (κ3) is 1.20. The number of cyclic esters (lactones) is 1. The number of alkyl halides is 1. The van der Waals surface area contributed by atoms with Gasteiger partial charge in [-0.05, 0) is 0 Å². The molecule has 1 rings (SSSR count). The summed E-state index contributed by atoms with van der Waals surface area (Å²) >= 11 is 3.13. The highest BCUT2D eigenvalue weighted by atomic mass is 79.9. The molecule has 1 aliphatic heterocycles. The summed E-state index contributed by atoms with van der Waals surface area (Å²) in [5, 5.41) is 9.76. The van der Waals surface area contributed by atoms with Crippen LogP contribution in [0.25, 0.3) is 0 Å². The quantitative estimate of drug-likeness (QED) is 0.344. The smallest absolute Gasteiger partial charge is 0.303 e. The van der Waals surface area contributed by atoms with E-state index in [1.54, 1.807) is 7.85 Å². The highest BCUT2D eigenvalue weighted by Crippen LogP contribution is 2.24. The Kier molecular flexibility index (Phi) is 2.36. The first-order valence-corrected chi connectivity index (χ1v) is 4.23. The third-order valence-corrected chi connectivity index (χ3v) is 2.32. The van der Waals surface area contributed by atoms with Crippen LogP contribution in [-0.4, -0.2) is 36.5 Å². The Balaban J connectivity index is 2.61. The predicted molar refractivity (Wildman–Crippen MR) is 42.0 cm³/mol. The second-order valence-corrected chi connectivity index (χ2v) is 3.06. The molecule has 1 aliphatic rings. The summed E-state index contributed by atoms with van der Waals surface area (Å²) in [6, 6.07) is 0. The molecule has 0 aromatic rings. The van der Waals surface area contributed by atoms with Gasteiger partial charge in [-0.2, -0.15) is 0 Å². The van der Waals surface area contributed by atoms with E-state index in [0.29, 0.717) is 5.33 Å². The lowest BCUT2D eigenvalue weighted by atomic mass is 9.83. The van der Waals surface area contributed by atoms with Crippen molar-refractivity contribution >= 4 is 29.7 Å². The summed E-state index contributed by atoms with van der Waals surface area (Å²) in [6.45, 7) is 0. The number of hydrogen-bond acceptors (Lipinski definition) is 3. The maximum Gasteiger partial charge on any atom is 0.303 e. The number of rotatable bonds is 1. The van der Waals surface area contributed by atoms with Crippen LogP contribution in [-0.2, 0) is 9.53 Å². The fourth-order valence-electron chi connectivity index (χ4n) is 0.910. The molecule has 0 spiro atoms. The number of carbonyl (C=O) groups excluding carboxylic acids is 1. The Morgan fingerprint density at radius 3 is 2.60 bits per heavy atom. The fourth-order valence-corrected chi connectivity index (χ4v) is 1.43. The predicted octanol–water partition coefficient (Wildman–Crippen LogP) is -0.911. The fraction of sp³-hybridized carbons (Fsp3) is 0.800. The monoisotopic (exact) mass is 206 g/mol. The molecular weight excluding hydrogens is 199 g/mol. The van der Waals surface area contributed by atoms with Crippen molar-refractivity contribution in [2.24, 2.45) is 0 Å². The van der Waals surface area contributed by atoms with Gasteiger partial charge in [0.1, 0.15) is 14.0 Å². The molecule has 1 N–H and O–H groups in total. The maximum absolute atomic E-state index is 10.8. The van der Waals surface area contributed by atoms with Crippen molar-refractivity contribution in [3.05, 3.63) is 0 Å². The maximum atomic E-state index is 10.8. The first kappa shape index (κ1) is 8.08. The minimum atomic E-state index is -0.646. The van der Waals surface area contributed by atoms with Crippen molar-refractivity contribution in [3.8, 4) is 0 Å². The molecule has 10 heavy (non-hydrogen) atoms. The Morgan fingerprint density at radius 2 is 2.40 bits per heavy atom. The van der Waals surface area contributed by atoms with Crippen LogP contribution in [0.15, 0.2) is 0 Å². The Bertz CT molecular complexity index is 152. The number of aliphatic hydroxyl groups is 1. The van der Waals surface area contributed by atoms with Gasteiger partial charge in [-0.3, -0.25) is 4.79 Å². The summed E-state index contributed by atoms with van der Waals surface area (Å²) in [4.78, 5) is 10.8. The van der Waals surface area contributed by atoms with E-state index in [-0.39, 0.29) is 17.9 Å². The average Bonchev–Trinajstić information content (AvgIpc) is 2.17. The van der Waals surface area contributed by atoms with Gasteiger partial charge in [-0.15, -0.1) is 0 Å². The van der Waals surface area contributed by atoms with E-state index in [0.717, 1.165) is 0 Å². The lowest BCUT2D eigenvalue weighted by molar-refractivity contribution is -0.140. The summed E-state index contributed by atoms with van der Waals surface area (Å²) in [6.07, 6.45) is -1.01. The number of halogens is 1. The minimum Gasteiger partial charge on any atom is -0.459 e. The molecule has 56 valence electrons. The lowest BCUT2D eigenvalue weighted by Gasteiger charge is -2.09. The van der Waals surface area contributed by atoms with E-state index in [4.69, 9.17) is 4.74 Å². The van der Waals surface area contributed by atoms with Gasteiger partial charge in [0.2, 0.25) is 0 Å². The summed E-state index contributed by atoms with van der Waals surface area (Å²) < 4.78 is 4.80. The largest absolute Gasteiger partial charge is 0.459 e. The van der Waals surface area contributed by atoms with E-state index >= 15 is 0 Å². The summed E-state index contributed by atoms with van der Waals surface area (Å²) in [5.74, 6) is -0.681. The number of aliphatic hydroxyl groups excluding tert-OH is 1. The molecule has 2 unspecified atom stereocenters. The molecule has 1 saturated heterocycles. The second kappa shape index (κ2) is 2.92. The lowest BCUT2D eigenvalue weighted by Crippen LogP contribution is -2.24. The van der Waals surface area contributed by atoms with Crippen molar-refractivity contribution in [1.29, 1.82) is 0 Å². The number of ether oxygens (including phenoxy) is 1. The highest BCUT2D eigenvalue weighted by Gasteiger charge is 2.39. The van der Waals surface area contributed by atoms with Crippen LogP contribution in [0, 0.1) is 0 Å². The van der Waals surface area contributed by atoms with Crippen molar-refractivity contribution in [1.82, 2.24) is 0 Å². The van der Waals surface area contributed by atoms with Crippen LogP contribution < -0.4 is 0 Å². The van der Waals surface area contributed by atoms with E-state index in [2.05, 4.69) is 15.9 Å². The first-order valence-electron chi connectivity index (χ1n) is 3.11. The Morgan fingerprint density at radius 1 is 1.80 bits per heavy atom. The minimum absolute atomic E-state index is 0.308. The molecule has 0 bridgehead atoms. The van der Waals surface area contributed by atoms with Crippen LogP contribution >= 0.6 is 15.9 Å². The molecular formula is C5H8BBrO3. The van der Waals surface area contributed by atoms with Crippen molar-refractivity contribution in [2.75, 3.05) is 5.33 Å². The molecule has 1 fully saturated rings. The molecule has 3 nitrogen and oxygen atoms in total. The Hall–Kier alpha value is -0.0251. The topological polar surface area (TPSA) is 46.5 Å². The van der Waals surface area contributed by atoms with Gasteiger partial charge in [0.25, 0.3) is 0 Å². The SMILES string of the molecule is B[C@H]1C(=O)OC(CBr)C1O. The number of hydrogen-bond donors (Lipinski definition) is 1. The molecule has 0 aliphatic carbocycles. The highest BCUT2D eigenvalue weighted by molar-refractivity contribution is 9.09. The van der Waals surface area contributed by atoms with Crippen molar-refractivity contribution in [2.45, 2.75) is 18.0 Å². The van der Waals surface area contributed by atoms with Crippen molar-refractivity contribution in [3.63, 3.8) is 0 Å². The van der Waals surface area contributed by atoms with Gasteiger partial charge in [0, 0.05) is 5.33 Å². The number of esters is 1. The van der Waals surface area contributed by atoms with Crippen LogP contribution in [0.1, 0.15) is 0 Å². The molecule has 0 radical (unpaired) electrons. The number of carbonyl (C=O) groups is 1. The Labute approximate surface area is 68.3 Å². The van der Waals surface area contributed by atoms with Crippen molar-refractivity contribution < 1.29 is 14.6 Å². The van der Waals surface area contributed by atoms with Crippen LogP contribution in [0.4, 0.5) is 0 Å². The van der Waals surface area contributed by atoms with Gasteiger partial charge < -0.3 is 9.84 Å². The molecule has 1 heterocycles. The van der Waals surface area contributed by atoms with Crippen LogP contribution in [0.5, 0.6) is 0 Å². The standard InChI is InChI=1S/C5H8BBrO3/c6-3-4(8)2(1-7)10-5(3)9/h2-4,8H,1,6H2/t2?,3-,4?/m1/s1. The van der Waals surface area contributed by atoms with E-state index in [9.17, 15) is 9.90 Å². The second-order valence-electron chi connectivity index (χ2n) is 2.41. The first-order chi connectivity index (χ1) is 4.66. The zero-order valence-electron chi connectivity index (χ0n) is 5.58. The zero-order chi connectivity index (χ0) is 7.72. The van der Waals surface area contributed by atoms with Crippen LogP contribution in [0.2, 0.25) is 5.82 Å². The van der Waals surface area contributed by atoms with Gasteiger partial charge in [-0.25, -0.2) is 0 Å². The van der Waals surface area contributed by atoms with E-state index in [1.807, 2.05) is 0 Å². The van der Waals surface area contributed by atoms with Gasteiger partial charge in [0.05, 0.1) is 11.9 Å². The molecule has 3 atom stereocenters. The summed E-state index contributed by atoms with van der Waals surface area (Å²) in [7, 11) is 1.66.